The van der Waals surface area contributed by atoms with Crippen molar-refractivity contribution >= 4 is 29.7 Å². The van der Waals surface area contributed by atoms with E-state index in [9.17, 15) is 4.79 Å². The maximum atomic E-state index is 12.5. The third kappa shape index (κ3) is 3.96. The SMILES string of the molecule is COc1ccc(N)c(NC(=O)c2cnn(C(C)(C)C)c2C)c1.Cl. The van der Waals surface area contributed by atoms with Gasteiger partial charge in [-0.3, -0.25) is 9.48 Å². The van der Waals surface area contributed by atoms with Gasteiger partial charge in [0.15, 0.2) is 0 Å². The molecule has 0 saturated carbocycles. The van der Waals surface area contributed by atoms with E-state index < -0.39 is 0 Å². The number of carbonyl (C=O) groups excluding carboxylic acids is 1. The Morgan fingerprint density at radius 2 is 2.00 bits per heavy atom. The lowest BCUT2D eigenvalue weighted by atomic mass is 10.1. The van der Waals surface area contributed by atoms with Crippen molar-refractivity contribution in [2.24, 2.45) is 0 Å². The maximum absolute atomic E-state index is 12.5. The Morgan fingerprint density at radius 1 is 1.35 bits per heavy atom. The monoisotopic (exact) mass is 338 g/mol. The molecule has 1 amide bonds. The van der Waals surface area contributed by atoms with Gasteiger partial charge in [-0.2, -0.15) is 5.10 Å². The standard InChI is InChI=1S/C16H22N4O2.ClH/c1-10-12(9-18-20(10)16(2,3)4)15(21)19-14-8-11(22-5)6-7-13(14)17;/h6-9H,17H2,1-5H3,(H,19,21);1H. The van der Waals surface area contributed by atoms with Crippen molar-refractivity contribution in [3.8, 4) is 5.75 Å². The van der Waals surface area contributed by atoms with Crippen molar-refractivity contribution in [1.29, 1.82) is 0 Å². The molecule has 1 aromatic heterocycles. The number of nitrogen functional groups attached to an aromatic ring is 1. The van der Waals surface area contributed by atoms with E-state index in [1.807, 2.05) is 32.4 Å². The Kier molecular flexibility index (Phi) is 5.66. The molecule has 2 rings (SSSR count). The Morgan fingerprint density at radius 3 is 2.52 bits per heavy atom. The van der Waals surface area contributed by atoms with Gasteiger partial charge >= 0.3 is 0 Å². The second-order valence-corrected chi connectivity index (χ2v) is 6.13. The number of ether oxygens (including phenoxy) is 1. The van der Waals surface area contributed by atoms with E-state index >= 15 is 0 Å². The molecule has 2 aromatic rings. The Balaban J connectivity index is 0.00000264. The quantitative estimate of drug-likeness (QED) is 0.842. The minimum Gasteiger partial charge on any atom is -0.497 e. The van der Waals surface area contributed by atoms with Crippen LogP contribution in [0.15, 0.2) is 24.4 Å². The summed E-state index contributed by atoms with van der Waals surface area (Å²) in [6.45, 7) is 7.99. The van der Waals surface area contributed by atoms with Crippen molar-refractivity contribution in [2.75, 3.05) is 18.2 Å². The second-order valence-electron chi connectivity index (χ2n) is 6.13. The number of benzene rings is 1. The summed E-state index contributed by atoms with van der Waals surface area (Å²) < 4.78 is 6.98. The molecule has 126 valence electrons. The van der Waals surface area contributed by atoms with Crippen LogP contribution in [0.1, 0.15) is 36.8 Å². The van der Waals surface area contributed by atoms with Crippen LogP contribution in [-0.2, 0) is 5.54 Å². The van der Waals surface area contributed by atoms with Gasteiger partial charge in [0.05, 0.1) is 35.8 Å². The molecule has 23 heavy (non-hydrogen) atoms. The lowest BCUT2D eigenvalue weighted by Crippen LogP contribution is -2.25. The summed E-state index contributed by atoms with van der Waals surface area (Å²) in [5.74, 6) is 0.388. The van der Waals surface area contributed by atoms with Gasteiger partial charge in [-0.05, 0) is 39.8 Å². The van der Waals surface area contributed by atoms with Crippen LogP contribution in [0.25, 0.3) is 0 Å². The second kappa shape index (κ2) is 6.91. The Hall–Kier alpha value is -2.21. The van der Waals surface area contributed by atoms with Crippen LogP contribution >= 0.6 is 12.4 Å². The van der Waals surface area contributed by atoms with Crippen LogP contribution in [0, 0.1) is 6.92 Å². The summed E-state index contributed by atoms with van der Waals surface area (Å²) in [6.07, 6.45) is 1.58. The van der Waals surface area contributed by atoms with Crippen molar-refractivity contribution < 1.29 is 9.53 Å². The van der Waals surface area contributed by atoms with Crippen molar-refractivity contribution in [3.63, 3.8) is 0 Å². The zero-order valence-corrected chi connectivity index (χ0v) is 14.8. The number of nitrogens with one attached hydrogen (secondary N) is 1. The largest absolute Gasteiger partial charge is 0.497 e. The predicted molar refractivity (Wildman–Crippen MR) is 94.6 cm³/mol. The van der Waals surface area contributed by atoms with E-state index in [2.05, 4.69) is 10.4 Å². The number of nitrogens with zero attached hydrogens (tertiary/aromatic N) is 2. The lowest BCUT2D eigenvalue weighted by Gasteiger charge is -2.21. The molecule has 3 N–H and O–H groups in total. The smallest absolute Gasteiger partial charge is 0.259 e. The summed E-state index contributed by atoms with van der Waals surface area (Å²) in [6, 6.07) is 5.13. The molecule has 0 spiro atoms. The molecule has 0 aliphatic heterocycles. The molecule has 0 radical (unpaired) electrons. The molecule has 0 fully saturated rings. The highest BCUT2D eigenvalue weighted by Crippen LogP contribution is 2.25. The summed E-state index contributed by atoms with van der Waals surface area (Å²) in [7, 11) is 1.56. The number of amides is 1. The van der Waals surface area contributed by atoms with Crippen molar-refractivity contribution in [3.05, 3.63) is 35.7 Å². The fourth-order valence-electron chi connectivity index (χ4n) is 2.27. The normalized spacial score (nSPS) is 10.8. The average molecular weight is 339 g/mol. The molecule has 1 aromatic carbocycles. The highest BCUT2D eigenvalue weighted by Gasteiger charge is 2.21. The molecule has 0 atom stereocenters. The maximum Gasteiger partial charge on any atom is 0.259 e. The summed E-state index contributed by atoms with van der Waals surface area (Å²) in [5.41, 5.74) is 8.05. The number of hydrogen-bond donors (Lipinski definition) is 2. The first-order valence-electron chi connectivity index (χ1n) is 7.04. The van der Waals surface area contributed by atoms with Gasteiger partial charge in [0.2, 0.25) is 0 Å². The van der Waals surface area contributed by atoms with Gasteiger partial charge in [-0.1, -0.05) is 0 Å². The number of methoxy groups -OCH3 is 1. The van der Waals surface area contributed by atoms with E-state index in [4.69, 9.17) is 10.5 Å². The van der Waals surface area contributed by atoms with Gasteiger partial charge in [0, 0.05) is 11.8 Å². The van der Waals surface area contributed by atoms with Gasteiger partial charge in [-0.15, -0.1) is 12.4 Å². The third-order valence-corrected chi connectivity index (χ3v) is 3.40. The molecule has 6 nitrogen and oxygen atoms in total. The molecule has 1 heterocycles. The number of hydrogen-bond acceptors (Lipinski definition) is 4. The predicted octanol–water partition coefficient (Wildman–Crippen LogP) is 3.21. The molecule has 0 aliphatic rings. The number of carbonyl (C=O) groups is 1. The lowest BCUT2D eigenvalue weighted by molar-refractivity contribution is 0.102. The van der Waals surface area contributed by atoms with Crippen molar-refractivity contribution in [2.45, 2.75) is 33.2 Å². The molecule has 0 aliphatic carbocycles. The van der Waals surface area contributed by atoms with Gasteiger partial charge in [0.1, 0.15) is 5.75 Å². The van der Waals surface area contributed by atoms with Crippen LogP contribution in [0.5, 0.6) is 5.75 Å². The number of nitrogens with two attached hydrogens (primary N) is 1. The Labute approximate surface area is 142 Å². The summed E-state index contributed by atoms with van der Waals surface area (Å²) >= 11 is 0. The van der Waals surface area contributed by atoms with Crippen molar-refractivity contribution in [1.82, 2.24) is 9.78 Å². The molecular weight excluding hydrogens is 316 g/mol. The van der Waals surface area contributed by atoms with Crippen LogP contribution in [-0.4, -0.2) is 22.8 Å². The summed E-state index contributed by atoms with van der Waals surface area (Å²) in [5, 5.41) is 7.12. The van der Waals surface area contributed by atoms with Crippen LogP contribution in [0.4, 0.5) is 11.4 Å². The first-order chi connectivity index (χ1) is 10.2. The van der Waals surface area contributed by atoms with E-state index in [-0.39, 0.29) is 23.9 Å². The zero-order chi connectivity index (χ0) is 16.5. The fraction of sp³-hybridized carbons (Fsp3) is 0.375. The first-order valence-corrected chi connectivity index (χ1v) is 7.04. The molecule has 0 unspecified atom stereocenters. The van der Waals surface area contributed by atoms with E-state index in [0.29, 0.717) is 22.7 Å². The van der Waals surface area contributed by atoms with Crippen LogP contribution in [0.3, 0.4) is 0 Å². The number of rotatable bonds is 3. The Bertz CT molecular complexity index is 705. The highest BCUT2D eigenvalue weighted by molar-refractivity contribution is 6.06. The number of halogens is 1. The van der Waals surface area contributed by atoms with E-state index in [0.717, 1.165) is 5.69 Å². The minimum absolute atomic E-state index is 0. The van der Waals surface area contributed by atoms with E-state index in [1.165, 1.54) is 0 Å². The summed E-state index contributed by atoms with van der Waals surface area (Å²) in [4.78, 5) is 12.5. The molecule has 7 heteroatoms. The first kappa shape index (κ1) is 18.8. The van der Waals surface area contributed by atoms with Gasteiger partial charge in [0.25, 0.3) is 5.91 Å². The van der Waals surface area contributed by atoms with Gasteiger partial charge < -0.3 is 15.8 Å². The molecular formula is C16H23ClN4O2. The number of anilines is 2. The number of aromatic nitrogens is 2. The van der Waals surface area contributed by atoms with Crippen LogP contribution in [0.2, 0.25) is 0 Å². The molecule has 0 bridgehead atoms. The van der Waals surface area contributed by atoms with Crippen LogP contribution < -0.4 is 15.8 Å². The minimum atomic E-state index is -0.243. The highest BCUT2D eigenvalue weighted by atomic mass is 35.5. The average Bonchev–Trinajstić information content (AvgIpc) is 2.83. The topological polar surface area (TPSA) is 82.2 Å². The molecule has 0 saturated heterocycles. The van der Waals surface area contributed by atoms with E-state index in [1.54, 1.807) is 31.5 Å². The zero-order valence-electron chi connectivity index (χ0n) is 14.0. The third-order valence-electron chi connectivity index (χ3n) is 3.40. The van der Waals surface area contributed by atoms with Gasteiger partial charge in [-0.25, -0.2) is 0 Å². The fourth-order valence-corrected chi connectivity index (χ4v) is 2.27.